The van der Waals surface area contributed by atoms with Gasteiger partial charge < -0.3 is 9.15 Å². The van der Waals surface area contributed by atoms with Crippen LogP contribution in [-0.4, -0.2) is 11.1 Å². The van der Waals surface area contributed by atoms with E-state index in [0.717, 1.165) is 5.56 Å². The molecule has 0 radical (unpaired) electrons. The third kappa shape index (κ3) is 2.66. The van der Waals surface area contributed by atoms with Gasteiger partial charge in [-0.05, 0) is 30.7 Å². The lowest BCUT2D eigenvalue weighted by Gasteiger charge is -2.06. The molecule has 2 N–H and O–H groups in total. The molecule has 5 nitrogen and oxygen atoms in total. The maximum absolute atomic E-state index is 11.7. The van der Waals surface area contributed by atoms with E-state index < -0.39 is 5.91 Å². The van der Waals surface area contributed by atoms with Gasteiger partial charge in [0.15, 0.2) is 0 Å². The predicted octanol–water partition coefficient (Wildman–Crippen LogP) is 3.44. The van der Waals surface area contributed by atoms with Crippen molar-refractivity contribution in [2.45, 2.75) is 13.5 Å². The highest BCUT2D eigenvalue weighted by Crippen LogP contribution is 2.29. The Morgan fingerprint density at radius 1 is 1.23 bits per heavy atom. The average molecular weight is 297 g/mol. The van der Waals surface area contributed by atoms with Crippen LogP contribution in [0, 0.1) is 6.92 Å². The highest BCUT2D eigenvalue weighted by atomic mass is 16.5. The van der Waals surface area contributed by atoms with Gasteiger partial charge in [-0.1, -0.05) is 30.3 Å². The van der Waals surface area contributed by atoms with Gasteiger partial charge in [0.1, 0.15) is 23.7 Å². The fourth-order valence-electron chi connectivity index (χ4n) is 2.37. The SMILES string of the molecule is Cc1oc2ccc(OCc3ccccc3)cc2c1C(=O)NO. The highest BCUT2D eigenvalue weighted by molar-refractivity contribution is 6.07. The zero-order valence-electron chi connectivity index (χ0n) is 12.0. The first-order valence-corrected chi connectivity index (χ1v) is 6.83. The summed E-state index contributed by atoms with van der Waals surface area (Å²) >= 11 is 0. The standard InChI is InChI=1S/C17H15NO4/c1-11-16(17(19)18-20)14-9-13(7-8-15(14)22-11)21-10-12-5-3-2-4-6-12/h2-9,20H,10H2,1H3,(H,18,19). The first kappa shape index (κ1) is 14.2. The molecule has 0 aliphatic carbocycles. The largest absolute Gasteiger partial charge is 0.489 e. The number of hydrogen-bond donors (Lipinski definition) is 2. The molecule has 0 saturated heterocycles. The zero-order chi connectivity index (χ0) is 15.5. The van der Waals surface area contributed by atoms with Gasteiger partial charge >= 0.3 is 0 Å². The third-order valence-corrected chi connectivity index (χ3v) is 3.41. The van der Waals surface area contributed by atoms with Crippen molar-refractivity contribution in [2.75, 3.05) is 0 Å². The van der Waals surface area contributed by atoms with Crippen molar-refractivity contribution in [1.82, 2.24) is 5.48 Å². The summed E-state index contributed by atoms with van der Waals surface area (Å²) in [7, 11) is 0. The normalized spacial score (nSPS) is 10.6. The molecule has 0 bridgehead atoms. The number of nitrogens with one attached hydrogen (secondary N) is 1. The molecule has 0 spiro atoms. The Morgan fingerprint density at radius 3 is 2.73 bits per heavy atom. The van der Waals surface area contributed by atoms with E-state index in [4.69, 9.17) is 14.4 Å². The fraction of sp³-hybridized carbons (Fsp3) is 0.118. The molecule has 0 aliphatic heterocycles. The van der Waals surface area contributed by atoms with E-state index in [9.17, 15) is 4.79 Å². The Labute approximate surface area is 127 Å². The lowest BCUT2D eigenvalue weighted by molar-refractivity contribution is 0.0706. The molecule has 0 unspecified atom stereocenters. The van der Waals surface area contributed by atoms with Crippen LogP contribution in [0.5, 0.6) is 5.75 Å². The third-order valence-electron chi connectivity index (χ3n) is 3.41. The molecular formula is C17H15NO4. The molecule has 0 fully saturated rings. The number of carbonyl (C=O) groups excluding carboxylic acids is 1. The summed E-state index contributed by atoms with van der Waals surface area (Å²) in [4.78, 5) is 11.7. The minimum Gasteiger partial charge on any atom is -0.489 e. The monoisotopic (exact) mass is 297 g/mol. The van der Waals surface area contributed by atoms with E-state index in [0.29, 0.717) is 34.6 Å². The molecule has 1 amide bonds. The second-order valence-corrected chi connectivity index (χ2v) is 4.91. The van der Waals surface area contributed by atoms with Gasteiger partial charge in [0.2, 0.25) is 0 Å². The molecule has 0 saturated carbocycles. The van der Waals surface area contributed by atoms with Gasteiger partial charge in [-0.3, -0.25) is 10.0 Å². The number of aryl methyl sites for hydroxylation is 1. The van der Waals surface area contributed by atoms with Crippen molar-refractivity contribution < 1.29 is 19.2 Å². The second-order valence-electron chi connectivity index (χ2n) is 4.91. The molecule has 2 aromatic carbocycles. The summed E-state index contributed by atoms with van der Waals surface area (Å²) in [5, 5.41) is 9.45. The fourth-order valence-corrected chi connectivity index (χ4v) is 2.37. The summed E-state index contributed by atoms with van der Waals surface area (Å²) < 4.78 is 11.3. The van der Waals surface area contributed by atoms with Gasteiger partial charge in [0, 0.05) is 5.39 Å². The van der Waals surface area contributed by atoms with Crippen LogP contribution < -0.4 is 10.2 Å². The molecule has 5 heteroatoms. The van der Waals surface area contributed by atoms with Gasteiger partial charge in [0.05, 0.1) is 5.56 Å². The van der Waals surface area contributed by atoms with E-state index >= 15 is 0 Å². The first-order chi connectivity index (χ1) is 10.7. The quantitative estimate of drug-likeness (QED) is 0.571. The van der Waals surface area contributed by atoms with E-state index in [1.807, 2.05) is 30.3 Å². The van der Waals surface area contributed by atoms with Crippen molar-refractivity contribution in [1.29, 1.82) is 0 Å². The van der Waals surface area contributed by atoms with E-state index in [-0.39, 0.29) is 0 Å². The summed E-state index contributed by atoms with van der Waals surface area (Å²) in [5.41, 5.74) is 3.57. The van der Waals surface area contributed by atoms with E-state index in [1.165, 1.54) is 0 Å². The van der Waals surface area contributed by atoms with Crippen LogP contribution in [0.4, 0.5) is 0 Å². The molecule has 3 aromatic rings. The minimum atomic E-state index is -0.601. The van der Waals surface area contributed by atoms with Crippen molar-refractivity contribution in [3.8, 4) is 5.75 Å². The number of carbonyl (C=O) groups is 1. The number of benzene rings is 2. The van der Waals surface area contributed by atoms with Gasteiger partial charge in [0.25, 0.3) is 5.91 Å². The Bertz CT molecular complexity index is 808. The Hall–Kier alpha value is -2.79. The van der Waals surface area contributed by atoms with Crippen LogP contribution in [0.15, 0.2) is 52.9 Å². The molecular weight excluding hydrogens is 282 g/mol. The average Bonchev–Trinajstić information content (AvgIpc) is 2.88. The maximum atomic E-state index is 11.7. The van der Waals surface area contributed by atoms with Crippen LogP contribution >= 0.6 is 0 Å². The molecule has 1 aromatic heterocycles. The predicted molar refractivity (Wildman–Crippen MR) is 81.0 cm³/mol. The Balaban J connectivity index is 1.90. The minimum absolute atomic E-state index is 0.308. The van der Waals surface area contributed by atoms with Crippen LogP contribution in [0.1, 0.15) is 21.7 Å². The number of rotatable bonds is 4. The Kier molecular flexibility index (Phi) is 3.80. The lowest BCUT2D eigenvalue weighted by Crippen LogP contribution is -2.19. The molecule has 112 valence electrons. The lowest BCUT2D eigenvalue weighted by atomic mass is 10.1. The number of ether oxygens (including phenoxy) is 1. The van der Waals surface area contributed by atoms with Gasteiger partial charge in [-0.2, -0.15) is 0 Å². The zero-order valence-corrected chi connectivity index (χ0v) is 12.0. The van der Waals surface area contributed by atoms with Crippen molar-refractivity contribution >= 4 is 16.9 Å². The molecule has 0 atom stereocenters. The van der Waals surface area contributed by atoms with Crippen molar-refractivity contribution in [3.63, 3.8) is 0 Å². The van der Waals surface area contributed by atoms with Crippen LogP contribution in [0.25, 0.3) is 11.0 Å². The number of amides is 1. The Morgan fingerprint density at radius 2 is 2.00 bits per heavy atom. The summed E-state index contributed by atoms with van der Waals surface area (Å²) in [6.07, 6.45) is 0. The second kappa shape index (κ2) is 5.91. The molecule has 22 heavy (non-hydrogen) atoms. The number of furan rings is 1. The molecule has 1 heterocycles. The van der Waals surface area contributed by atoms with Gasteiger partial charge in [-0.15, -0.1) is 0 Å². The highest BCUT2D eigenvalue weighted by Gasteiger charge is 2.18. The van der Waals surface area contributed by atoms with Crippen molar-refractivity contribution in [2.24, 2.45) is 0 Å². The van der Waals surface area contributed by atoms with Gasteiger partial charge in [-0.25, -0.2) is 5.48 Å². The maximum Gasteiger partial charge on any atom is 0.278 e. The van der Waals surface area contributed by atoms with Crippen LogP contribution in [0.2, 0.25) is 0 Å². The number of hydroxylamine groups is 1. The number of hydrogen-bond acceptors (Lipinski definition) is 4. The van der Waals surface area contributed by atoms with Crippen molar-refractivity contribution in [3.05, 3.63) is 65.4 Å². The molecule has 0 aliphatic rings. The van der Waals surface area contributed by atoms with Crippen LogP contribution in [-0.2, 0) is 6.61 Å². The summed E-state index contributed by atoms with van der Waals surface area (Å²) in [6.45, 7) is 2.11. The topological polar surface area (TPSA) is 71.7 Å². The molecule has 3 rings (SSSR count). The van der Waals surface area contributed by atoms with E-state index in [1.54, 1.807) is 30.6 Å². The first-order valence-electron chi connectivity index (χ1n) is 6.83. The van der Waals surface area contributed by atoms with Crippen LogP contribution in [0.3, 0.4) is 0 Å². The summed E-state index contributed by atoms with van der Waals surface area (Å²) in [6, 6.07) is 15.1. The number of fused-ring (bicyclic) bond motifs is 1. The van der Waals surface area contributed by atoms with E-state index in [2.05, 4.69) is 0 Å². The summed E-state index contributed by atoms with van der Waals surface area (Å²) in [5.74, 6) is 0.474. The smallest absolute Gasteiger partial charge is 0.278 e.